The summed E-state index contributed by atoms with van der Waals surface area (Å²) in [5.41, 5.74) is 2.44. The average molecular weight is 298 g/mol. The van der Waals surface area contributed by atoms with E-state index in [0.717, 1.165) is 36.1 Å². The van der Waals surface area contributed by atoms with Crippen LogP contribution in [0.5, 0.6) is 0 Å². The van der Waals surface area contributed by atoms with Crippen LogP contribution < -0.4 is 10.6 Å². The lowest BCUT2D eigenvalue weighted by atomic mass is 9.86. The van der Waals surface area contributed by atoms with E-state index in [9.17, 15) is 0 Å². The van der Waals surface area contributed by atoms with Crippen LogP contribution in [-0.2, 0) is 5.41 Å². The van der Waals surface area contributed by atoms with E-state index >= 15 is 0 Å². The smallest absolute Gasteiger partial charge is 0.136 e. The summed E-state index contributed by atoms with van der Waals surface area (Å²) in [4.78, 5) is 8.92. The fourth-order valence-corrected chi connectivity index (χ4v) is 2.36. The Bertz CT molecular complexity index is 629. The van der Waals surface area contributed by atoms with E-state index in [1.54, 1.807) is 0 Å². The van der Waals surface area contributed by atoms with Gasteiger partial charge in [0.05, 0.1) is 0 Å². The fraction of sp³-hybridized carbons (Fsp3) is 0.444. The van der Waals surface area contributed by atoms with Crippen molar-refractivity contribution in [3.8, 4) is 0 Å². The molecule has 1 aromatic heterocycles. The van der Waals surface area contributed by atoms with Crippen LogP contribution in [0.1, 0.15) is 45.5 Å². The molecule has 0 unspecified atom stereocenters. The minimum absolute atomic E-state index is 0.0783. The average Bonchev–Trinajstić information content (AvgIpc) is 2.44. The minimum atomic E-state index is 0.0783. The van der Waals surface area contributed by atoms with E-state index in [1.807, 2.05) is 19.1 Å². The lowest BCUT2D eigenvalue weighted by Crippen LogP contribution is -2.14. The third-order valence-electron chi connectivity index (χ3n) is 3.39. The summed E-state index contributed by atoms with van der Waals surface area (Å²) in [7, 11) is 0. The van der Waals surface area contributed by atoms with Crippen LogP contribution in [0.4, 0.5) is 17.3 Å². The molecule has 1 aromatic carbocycles. The zero-order chi connectivity index (χ0) is 16.2. The molecule has 0 bridgehead atoms. The quantitative estimate of drug-likeness (QED) is 0.843. The number of rotatable bonds is 5. The summed E-state index contributed by atoms with van der Waals surface area (Å²) >= 11 is 0. The standard InChI is InChI=1S/C18H26N4/c1-6-11-19-16-12-17(21-13(2)20-16)22-15-10-8-7-9-14(15)18(3,4)5/h7-10,12H,6,11H2,1-5H3,(H2,19,20,21,22). The molecule has 118 valence electrons. The Hall–Kier alpha value is -2.10. The molecule has 0 aliphatic rings. The van der Waals surface area contributed by atoms with Crippen molar-refractivity contribution in [2.45, 2.75) is 46.5 Å². The molecule has 0 saturated carbocycles. The summed E-state index contributed by atoms with van der Waals surface area (Å²) < 4.78 is 0. The first-order valence-electron chi connectivity index (χ1n) is 7.86. The molecule has 0 spiro atoms. The first-order chi connectivity index (χ1) is 10.4. The van der Waals surface area contributed by atoms with Crippen molar-refractivity contribution in [2.24, 2.45) is 0 Å². The van der Waals surface area contributed by atoms with Gasteiger partial charge < -0.3 is 10.6 Å². The van der Waals surface area contributed by atoms with Crippen LogP contribution in [0.2, 0.25) is 0 Å². The maximum absolute atomic E-state index is 4.50. The van der Waals surface area contributed by atoms with E-state index in [0.29, 0.717) is 0 Å². The number of hydrogen-bond acceptors (Lipinski definition) is 4. The van der Waals surface area contributed by atoms with E-state index in [4.69, 9.17) is 0 Å². The van der Waals surface area contributed by atoms with Gasteiger partial charge in [-0.15, -0.1) is 0 Å². The number of anilines is 3. The molecule has 0 aliphatic carbocycles. The van der Waals surface area contributed by atoms with E-state index < -0.39 is 0 Å². The molecule has 22 heavy (non-hydrogen) atoms. The molecular weight excluding hydrogens is 272 g/mol. The second-order valence-electron chi connectivity index (χ2n) is 6.53. The summed E-state index contributed by atoms with van der Waals surface area (Å²) in [5.74, 6) is 2.45. The first kappa shape index (κ1) is 16.3. The molecule has 0 radical (unpaired) electrons. The zero-order valence-electron chi connectivity index (χ0n) is 14.2. The Morgan fingerprint density at radius 3 is 2.41 bits per heavy atom. The maximum Gasteiger partial charge on any atom is 0.136 e. The Morgan fingerprint density at radius 2 is 1.73 bits per heavy atom. The van der Waals surface area contributed by atoms with Gasteiger partial charge in [-0.3, -0.25) is 0 Å². The summed E-state index contributed by atoms with van der Waals surface area (Å²) in [6.45, 7) is 11.6. The normalized spacial score (nSPS) is 11.3. The van der Waals surface area contributed by atoms with Crippen LogP contribution in [0.3, 0.4) is 0 Å². The highest BCUT2D eigenvalue weighted by Gasteiger charge is 2.17. The predicted octanol–water partition coefficient (Wildman–Crippen LogP) is 4.65. The van der Waals surface area contributed by atoms with E-state index in [2.05, 4.69) is 66.5 Å². The van der Waals surface area contributed by atoms with Crippen molar-refractivity contribution < 1.29 is 0 Å². The van der Waals surface area contributed by atoms with Gasteiger partial charge in [-0.05, 0) is 30.4 Å². The zero-order valence-corrected chi connectivity index (χ0v) is 14.2. The Labute approximate surface area is 133 Å². The first-order valence-corrected chi connectivity index (χ1v) is 7.86. The molecular formula is C18H26N4. The largest absolute Gasteiger partial charge is 0.370 e. The third-order valence-corrected chi connectivity index (χ3v) is 3.39. The monoisotopic (exact) mass is 298 g/mol. The summed E-state index contributed by atoms with van der Waals surface area (Å²) in [5, 5.41) is 6.76. The molecule has 4 heteroatoms. The van der Waals surface area contributed by atoms with Gasteiger partial charge in [-0.1, -0.05) is 45.9 Å². The van der Waals surface area contributed by atoms with Crippen molar-refractivity contribution >= 4 is 17.3 Å². The minimum Gasteiger partial charge on any atom is -0.370 e. The van der Waals surface area contributed by atoms with Gasteiger partial charge in [0.15, 0.2) is 0 Å². The topological polar surface area (TPSA) is 49.8 Å². The fourth-order valence-electron chi connectivity index (χ4n) is 2.36. The molecule has 0 aliphatic heterocycles. The molecule has 0 amide bonds. The molecule has 0 atom stereocenters. The predicted molar refractivity (Wildman–Crippen MR) is 94.0 cm³/mol. The molecule has 1 heterocycles. The van der Waals surface area contributed by atoms with Crippen molar-refractivity contribution in [1.29, 1.82) is 0 Å². The molecule has 2 N–H and O–H groups in total. The third kappa shape index (κ3) is 4.20. The lowest BCUT2D eigenvalue weighted by Gasteiger charge is -2.23. The highest BCUT2D eigenvalue weighted by atomic mass is 15.1. The van der Waals surface area contributed by atoms with Gasteiger partial charge in [0.25, 0.3) is 0 Å². The Morgan fingerprint density at radius 1 is 1.05 bits per heavy atom. The van der Waals surface area contributed by atoms with Crippen LogP contribution in [-0.4, -0.2) is 16.5 Å². The van der Waals surface area contributed by atoms with Crippen LogP contribution in [0.25, 0.3) is 0 Å². The second-order valence-corrected chi connectivity index (χ2v) is 6.53. The van der Waals surface area contributed by atoms with Gasteiger partial charge in [0.2, 0.25) is 0 Å². The van der Waals surface area contributed by atoms with Gasteiger partial charge in [-0.2, -0.15) is 0 Å². The van der Waals surface area contributed by atoms with E-state index in [-0.39, 0.29) is 5.41 Å². The number of aryl methyl sites for hydroxylation is 1. The highest BCUT2D eigenvalue weighted by molar-refractivity contribution is 5.64. The molecule has 4 nitrogen and oxygen atoms in total. The molecule has 2 rings (SSSR count). The number of nitrogens with one attached hydrogen (secondary N) is 2. The van der Waals surface area contributed by atoms with Gasteiger partial charge in [-0.25, -0.2) is 9.97 Å². The lowest BCUT2D eigenvalue weighted by molar-refractivity contribution is 0.592. The van der Waals surface area contributed by atoms with Crippen molar-refractivity contribution in [3.05, 3.63) is 41.7 Å². The number of nitrogens with zero attached hydrogens (tertiary/aromatic N) is 2. The summed E-state index contributed by atoms with van der Waals surface area (Å²) in [6, 6.07) is 10.3. The highest BCUT2D eigenvalue weighted by Crippen LogP contribution is 2.31. The Balaban J connectivity index is 2.30. The molecule has 0 saturated heterocycles. The number of para-hydroxylation sites is 1. The molecule has 2 aromatic rings. The van der Waals surface area contributed by atoms with Crippen LogP contribution in [0.15, 0.2) is 30.3 Å². The van der Waals surface area contributed by atoms with E-state index in [1.165, 1.54) is 5.56 Å². The number of hydrogen-bond donors (Lipinski definition) is 2. The second kappa shape index (κ2) is 6.77. The molecule has 0 fully saturated rings. The summed E-state index contributed by atoms with van der Waals surface area (Å²) in [6.07, 6.45) is 1.07. The van der Waals surface area contributed by atoms with Gasteiger partial charge >= 0.3 is 0 Å². The number of benzene rings is 1. The van der Waals surface area contributed by atoms with Crippen molar-refractivity contribution in [2.75, 3.05) is 17.2 Å². The van der Waals surface area contributed by atoms with Gasteiger partial charge in [0, 0.05) is 18.3 Å². The Kier molecular flexibility index (Phi) is 5.01. The maximum atomic E-state index is 4.50. The van der Waals surface area contributed by atoms with Crippen LogP contribution in [0, 0.1) is 6.92 Å². The van der Waals surface area contributed by atoms with Crippen molar-refractivity contribution in [3.63, 3.8) is 0 Å². The van der Waals surface area contributed by atoms with Gasteiger partial charge in [0.1, 0.15) is 17.5 Å². The van der Waals surface area contributed by atoms with Crippen LogP contribution >= 0.6 is 0 Å². The number of aromatic nitrogens is 2. The van der Waals surface area contributed by atoms with Crippen molar-refractivity contribution in [1.82, 2.24) is 9.97 Å². The SMILES string of the molecule is CCCNc1cc(Nc2ccccc2C(C)(C)C)nc(C)n1.